The van der Waals surface area contributed by atoms with Crippen molar-refractivity contribution in [2.45, 2.75) is 26.2 Å². The molecule has 1 aromatic rings. The van der Waals surface area contributed by atoms with Crippen LogP contribution in [0.5, 0.6) is 0 Å². The average molecular weight is 278 g/mol. The molecule has 1 atom stereocenters. The van der Waals surface area contributed by atoms with Gasteiger partial charge in [0.1, 0.15) is 0 Å². The van der Waals surface area contributed by atoms with E-state index in [-0.39, 0.29) is 11.3 Å². The van der Waals surface area contributed by atoms with E-state index >= 15 is 0 Å². The van der Waals surface area contributed by atoms with Gasteiger partial charge in [-0.15, -0.1) is 0 Å². The fourth-order valence-electron chi connectivity index (χ4n) is 2.58. The molecule has 1 aliphatic heterocycles. The number of nitrogens with zero attached hydrogens (tertiary/aromatic N) is 2. The summed E-state index contributed by atoms with van der Waals surface area (Å²) >= 11 is 0. The lowest BCUT2D eigenvalue weighted by Gasteiger charge is -2.24. The molecule has 0 spiro atoms. The van der Waals surface area contributed by atoms with Crippen molar-refractivity contribution in [2.75, 3.05) is 18.0 Å². The fraction of sp³-hybridized carbons (Fsp3) is 0.500. The Hall–Kier alpha value is -2.11. The van der Waals surface area contributed by atoms with Gasteiger partial charge < -0.3 is 10.0 Å². The summed E-state index contributed by atoms with van der Waals surface area (Å²) in [5.41, 5.74) is 0.522. The van der Waals surface area contributed by atoms with Gasteiger partial charge in [0.15, 0.2) is 0 Å². The number of aromatic carboxylic acids is 1. The van der Waals surface area contributed by atoms with Crippen LogP contribution in [0.15, 0.2) is 18.2 Å². The van der Waals surface area contributed by atoms with Crippen molar-refractivity contribution in [1.82, 2.24) is 0 Å². The minimum absolute atomic E-state index is 0.0673. The molecule has 0 radical (unpaired) electrons. The maximum atomic E-state index is 11.3. The number of non-ortho nitro benzene ring substituents is 1. The SMILES string of the molecule is CC1CCCN(c2cc([N+](=O)[O-])ccc2C(=O)O)CC1. The van der Waals surface area contributed by atoms with Crippen LogP contribution >= 0.6 is 0 Å². The van der Waals surface area contributed by atoms with Crippen molar-refractivity contribution in [2.24, 2.45) is 5.92 Å². The average Bonchev–Trinajstić information content (AvgIpc) is 2.62. The highest BCUT2D eigenvalue weighted by atomic mass is 16.6. The summed E-state index contributed by atoms with van der Waals surface area (Å²) in [4.78, 5) is 23.6. The Morgan fingerprint density at radius 3 is 2.80 bits per heavy atom. The molecule has 1 saturated heterocycles. The molecule has 20 heavy (non-hydrogen) atoms. The van der Waals surface area contributed by atoms with E-state index in [0.717, 1.165) is 32.4 Å². The van der Waals surface area contributed by atoms with Crippen LogP contribution in [-0.2, 0) is 0 Å². The number of carboxylic acid groups (broad SMARTS) is 1. The van der Waals surface area contributed by atoms with Crippen LogP contribution in [0.3, 0.4) is 0 Å². The van der Waals surface area contributed by atoms with Crippen LogP contribution in [0, 0.1) is 16.0 Å². The Morgan fingerprint density at radius 2 is 2.15 bits per heavy atom. The van der Waals surface area contributed by atoms with Crippen LogP contribution < -0.4 is 4.90 Å². The first-order valence-corrected chi connectivity index (χ1v) is 6.75. The topological polar surface area (TPSA) is 83.7 Å². The first-order valence-electron chi connectivity index (χ1n) is 6.75. The molecule has 108 valence electrons. The highest BCUT2D eigenvalue weighted by Gasteiger charge is 2.22. The zero-order valence-corrected chi connectivity index (χ0v) is 11.4. The van der Waals surface area contributed by atoms with E-state index in [1.54, 1.807) is 0 Å². The van der Waals surface area contributed by atoms with Crippen LogP contribution in [0.2, 0.25) is 0 Å². The van der Waals surface area contributed by atoms with Gasteiger partial charge in [0.2, 0.25) is 0 Å². The maximum absolute atomic E-state index is 11.3. The zero-order valence-electron chi connectivity index (χ0n) is 11.4. The third kappa shape index (κ3) is 3.07. The van der Waals surface area contributed by atoms with Gasteiger partial charge in [-0.3, -0.25) is 10.1 Å². The molecule has 6 nitrogen and oxygen atoms in total. The molecule has 0 saturated carbocycles. The second-order valence-electron chi connectivity index (χ2n) is 5.29. The molecular formula is C14H18N2O4. The van der Waals surface area contributed by atoms with Crippen molar-refractivity contribution in [3.63, 3.8) is 0 Å². The van der Waals surface area contributed by atoms with Gasteiger partial charge in [-0.1, -0.05) is 6.92 Å². The van der Waals surface area contributed by atoms with Gasteiger partial charge in [0.25, 0.3) is 5.69 Å². The molecular weight excluding hydrogens is 260 g/mol. The summed E-state index contributed by atoms with van der Waals surface area (Å²) in [5, 5.41) is 20.1. The number of benzene rings is 1. The number of carbonyl (C=O) groups is 1. The molecule has 0 amide bonds. The zero-order chi connectivity index (χ0) is 14.7. The van der Waals surface area contributed by atoms with E-state index < -0.39 is 10.9 Å². The molecule has 0 bridgehead atoms. The summed E-state index contributed by atoms with van der Waals surface area (Å²) in [6.07, 6.45) is 3.05. The third-order valence-corrected chi connectivity index (χ3v) is 3.78. The van der Waals surface area contributed by atoms with Crippen molar-refractivity contribution in [3.05, 3.63) is 33.9 Å². The molecule has 0 aliphatic carbocycles. The summed E-state index contributed by atoms with van der Waals surface area (Å²) in [6.45, 7) is 3.66. The van der Waals surface area contributed by atoms with Crippen molar-refractivity contribution >= 4 is 17.3 Å². The molecule has 6 heteroatoms. The Labute approximate surface area is 117 Å². The Bertz CT molecular complexity index is 530. The lowest BCUT2D eigenvalue weighted by molar-refractivity contribution is -0.384. The number of anilines is 1. The van der Waals surface area contributed by atoms with Gasteiger partial charge in [0, 0.05) is 25.2 Å². The van der Waals surface area contributed by atoms with Gasteiger partial charge in [0.05, 0.1) is 16.2 Å². The van der Waals surface area contributed by atoms with E-state index in [1.165, 1.54) is 18.2 Å². The van der Waals surface area contributed by atoms with E-state index in [1.807, 2.05) is 4.90 Å². The predicted octanol–water partition coefficient (Wildman–Crippen LogP) is 2.92. The summed E-state index contributed by atoms with van der Waals surface area (Å²) in [6, 6.07) is 3.94. The van der Waals surface area contributed by atoms with Gasteiger partial charge in [-0.25, -0.2) is 4.79 Å². The standard InChI is InChI=1S/C14H18N2O4/c1-10-3-2-7-15(8-6-10)13-9-11(16(19)20)4-5-12(13)14(17)18/h4-5,9-10H,2-3,6-8H2,1H3,(H,17,18). The fourth-order valence-corrected chi connectivity index (χ4v) is 2.58. The normalized spacial score (nSPS) is 19.4. The predicted molar refractivity (Wildman–Crippen MR) is 75.3 cm³/mol. The van der Waals surface area contributed by atoms with Crippen LogP contribution in [0.4, 0.5) is 11.4 Å². The number of nitro benzene ring substituents is 1. The van der Waals surface area contributed by atoms with Gasteiger partial charge in [-0.05, 0) is 31.2 Å². The molecule has 1 unspecified atom stereocenters. The largest absolute Gasteiger partial charge is 0.478 e. The van der Waals surface area contributed by atoms with Crippen molar-refractivity contribution in [3.8, 4) is 0 Å². The second-order valence-corrected chi connectivity index (χ2v) is 5.29. The van der Waals surface area contributed by atoms with Crippen molar-refractivity contribution < 1.29 is 14.8 Å². The van der Waals surface area contributed by atoms with Crippen LogP contribution in [-0.4, -0.2) is 29.1 Å². The first-order chi connectivity index (χ1) is 9.49. The molecule has 1 aliphatic rings. The molecule has 1 fully saturated rings. The third-order valence-electron chi connectivity index (χ3n) is 3.78. The molecule has 1 N–H and O–H groups in total. The highest BCUT2D eigenvalue weighted by molar-refractivity contribution is 5.95. The minimum atomic E-state index is -1.05. The lowest BCUT2D eigenvalue weighted by Crippen LogP contribution is -2.26. The second kappa shape index (κ2) is 5.90. The smallest absolute Gasteiger partial charge is 0.337 e. The minimum Gasteiger partial charge on any atom is -0.478 e. The molecule has 1 aromatic carbocycles. The number of hydrogen-bond acceptors (Lipinski definition) is 4. The summed E-state index contributed by atoms with van der Waals surface area (Å²) in [5.74, 6) is -0.445. The Morgan fingerprint density at radius 1 is 1.40 bits per heavy atom. The number of rotatable bonds is 3. The Balaban J connectivity index is 2.38. The Kier molecular flexibility index (Phi) is 4.22. The van der Waals surface area contributed by atoms with E-state index in [2.05, 4.69) is 6.92 Å². The monoisotopic (exact) mass is 278 g/mol. The van der Waals surface area contributed by atoms with Crippen LogP contribution in [0.1, 0.15) is 36.5 Å². The summed E-state index contributed by atoms with van der Waals surface area (Å²) in [7, 11) is 0. The first kappa shape index (κ1) is 14.3. The summed E-state index contributed by atoms with van der Waals surface area (Å²) < 4.78 is 0. The number of nitro groups is 1. The number of hydrogen-bond donors (Lipinski definition) is 1. The van der Waals surface area contributed by atoms with Gasteiger partial charge in [-0.2, -0.15) is 0 Å². The lowest BCUT2D eigenvalue weighted by atomic mass is 10.0. The van der Waals surface area contributed by atoms with Gasteiger partial charge >= 0.3 is 5.97 Å². The molecule has 2 rings (SSSR count). The van der Waals surface area contributed by atoms with E-state index in [9.17, 15) is 20.0 Å². The maximum Gasteiger partial charge on any atom is 0.337 e. The molecule has 1 heterocycles. The van der Waals surface area contributed by atoms with E-state index in [4.69, 9.17) is 0 Å². The van der Waals surface area contributed by atoms with Crippen molar-refractivity contribution in [1.29, 1.82) is 0 Å². The van der Waals surface area contributed by atoms with E-state index in [0.29, 0.717) is 11.6 Å². The quantitative estimate of drug-likeness (QED) is 0.678. The number of carboxylic acids is 1. The highest BCUT2D eigenvalue weighted by Crippen LogP contribution is 2.29. The molecule has 0 aromatic heterocycles. The van der Waals surface area contributed by atoms with Crippen LogP contribution in [0.25, 0.3) is 0 Å².